The number of carbonyl (C=O) groups excluding carboxylic acids is 1. The zero-order valence-electron chi connectivity index (χ0n) is 15.9. The highest BCUT2D eigenvalue weighted by atomic mass is 32.2. The van der Waals surface area contributed by atoms with Crippen molar-refractivity contribution >= 4 is 21.6 Å². The monoisotopic (exact) mass is 368 g/mol. The Kier molecular flexibility index (Phi) is 8.97. The van der Waals surface area contributed by atoms with E-state index >= 15 is 0 Å². The molecule has 25 heavy (non-hydrogen) atoms. The molecule has 0 unspecified atom stereocenters. The highest BCUT2D eigenvalue weighted by Gasteiger charge is 2.31. The molecule has 0 fully saturated rings. The van der Waals surface area contributed by atoms with Crippen LogP contribution in [0.5, 0.6) is 0 Å². The van der Waals surface area contributed by atoms with Gasteiger partial charge in [-0.1, -0.05) is 58.2 Å². The Hall–Kier alpha value is -1.56. The Morgan fingerprint density at radius 3 is 2.24 bits per heavy atom. The van der Waals surface area contributed by atoms with Crippen LogP contribution in [0, 0.1) is 5.92 Å². The van der Waals surface area contributed by atoms with E-state index in [1.54, 1.807) is 24.3 Å². The van der Waals surface area contributed by atoms with Gasteiger partial charge in [0.25, 0.3) is 0 Å². The van der Waals surface area contributed by atoms with Gasteiger partial charge in [-0.25, -0.2) is 8.42 Å². The summed E-state index contributed by atoms with van der Waals surface area (Å²) in [4.78, 5) is 12.7. The number of hydrogen-bond donors (Lipinski definition) is 1. The van der Waals surface area contributed by atoms with Gasteiger partial charge in [-0.15, -0.1) is 0 Å². The van der Waals surface area contributed by atoms with Crippen LogP contribution in [0.25, 0.3) is 0 Å². The van der Waals surface area contributed by atoms with Crippen molar-refractivity contribution in [3.63, 3.8) is 0 Å². The number of anilines is 1. The van der Waals surface area contributed by atoms with Crippen LogP contribution in [0.3, 0.4) is 0 Å². The fraction of sp³-hybridized carbons (Fsp3) is 0.632. The number of rotatable bonds is 11. The third kappa shape index (κ3) is 6.69. The molecule has 0 aromatic heterocycles. The maximum absolute atomic E-state index is 12.7. The van der Waals surface area contributed by atoms with Gasteiger partial charge in [0.2, 0.25) is 15.9 Å². The predicted molar refractivity (Wildman–Crippen MR) is 104 cm³/mol. The van der Waals surface area contributed by atoms with Gasteiger partial charge in [0.15, 0.2) is 0 Å². The Morgan fingerprint density at radius 2 is 1.76 bits per heavy atom. The number of amides is 1. The van der Waals surface area contributed by atoms with Crippen molar-refractivity contribution in [1.82, 2.24) is 5.32 Å². The summed E-state index contributed by atoms with van der Waals surface area (Å²) in [5, 5.41) is 2.97. The number of para-hydroxylation sites is 1. The van der Waals surface area contributed by atoms with E-state index in [4.69, 9.17) is 0 Å². The van der Waals surface area contributed by atoms with Crippen LogP contribution in [0.1, 0.15) is 52.9 Å². The minimum atomic E-state index is -3.56. The molecule has 0 aliphatic carbocycles. The van der Waals surface area contributed by atoms with Crippen LogP contribution in [0.2, 0.25) is 0 Å². The quantitative estimate of drug-likeness (QED) is 0.649. The molecule has 1 rings (SSSR count). The zero-order chi connectivity index (χ0) is 18.9. The third-order valence-electron chi connectivity index (χ3n) is 4.45. The topological polar surface area (TPSA) is 66.5 Å². The Balaban J connectivity index is 2.91. The summed E-state index contributed by atoms with van der Waals surface area (Å²) in [6.45, 7) is 6.71. The molecular weight excluding hydrogens is 336 g/mol. The van der Waals surface area contributed by atoms with Gasteiger partial charge in [0.1, 0.15) is 6.04 Å². The van der Waals surface area contributed by atoms with Crippen LogP contribution >= 0.6 is 0 Å². The molecule has 2 atom stereocenters. The van der Waals surface area contributed by atoms with Crippen molar-refractivity contribution in [3.8, 4) is 0 Å². The van der Waals surface area contributed by atoms with Crippen LogP contribution < -0.4 is 9.62 Å². The summed E-state index contributed by atoms with van der Waals surface area (Å²) in [6.07, 6.45) is 5.93. The third-order valence-corrected chi connectivity index (χ3v) is 5.63. The minimum Gasteiger partial charge on any atom is -0.354 e. The SMILES string of the molecule is CCCC[C@@H](CC)CNC(=O)[C@H](CC)N(c1ccccc1)S(C)(=O)=O. The molecule has 0 aliphatic rings. The highest BCUT2D eigenvalue weighted by molar-refractivity contribution is 7.92. The first-order valence-corrected chi connectivity index (χ1v) is 11.0. The molecule has 5 nitrogen and oxygen atoms in total. The molecule has 0 saturated carbocycles. The smallest absolute Gasteiger partial charge is 0.243 e. The standard InChI is InChI=1S/C19H32N2O3S/c1-5-8-12-16(6-2)15-20-19(22)18(7-3)21(25(4,23)24)17-13-10-9-11-14-17/h9-11,13-14,16,18H,5-8,12,15H2,1-4H3,(H,20,22)/t16-,18+/m1/s1. The molecule has 1 N–H and O–H groups in total. The zero-order valence-corrected chi connectivity index (χ0v) is 16.7. The first-order chi connectivity index (χ1) is 11.8. The van der Waals surface area contributed by atoms with E-state index in [1.807, 2.05) is 13.0 Å². The number of carbonyl (C=O) groups is 1. The fourth-order valence-corrected chi connectivity index (χ4v) is 4.15. The molecule has 6 heteroatoms. The lowest BCUT2D eigenvalue weighted by molar-refractivity contribution is -0.122. The van der Waals surface area contributed by atoms with Gasteiger partial charge in [0, 0.05) is 6.54 Å². The van der Waals surface area contributed by atoms with Crippen LogP contribution in [0.15, 0.2) is 30.3 Å². The first kappa shape index (κ1) is 21.5. The molecular formula is C19H32N2O3S. The number of nitrogens with one attached hydrogen (secondary N) is 1. The van der Waals surface area contributed by atoms with Gasteiger partial charge in [0.05, 0.1) is 11.9 Å². The average Bonchev–Trinajstić information content (AvgIpc) is 2.59. The molecule has 1 aromatic carbocycles. The summed E-state index contributed by atoms with van der Waals surface area (Å²) in [6, 6.07) is 8.07. The predicted octanol–water partition coefficient (Wildman–Crippen LogP) is 3.56. The maximum atomic E-state index is 12.7. The van der Waals surface area contributed by atoms with Gasteiger partial charge in [-0.3, -0.25) is 9.10 Å². The maximum Gasteiger partial charge on any atom is 0.243 e. The number of nitrogens with zero attached hydrogens (tertiary/aromatic N) is 1. The van der Waals surface area contributed by atoms with E-state index in [0.717, 1.165) is 31.9 Å². The first-order valence-electron chi connectivity index (χ1n) is 9.17. The van der Waals surface area contributed by atoms with Crippen LogP contribution in [-0.2, 0) is 14.8 Å². The van der Waals surface area contributed by atoms with Crippen molar-refractivity contribution in [2.45, 2.75) is 58.9 Å². The molecule has 0 bridgehead atoms. The lowest BCUT2D eigenvalue weighted by Gasteiger charge is -2.30. The van der Waals surface area contributed by atoms with E-state index in [0.29, 0.717) is 24.6 Å². The van der Waals surface area contributed by atoms with E-state index in [9.17, 15) is 13.2 Å². The number of benzene rings is 1. The molecule has 1 aromatic rings. The lowest BCUT2D eigenvalue weighted by atomic mass is 9.99. The van der Waals surface area contributed by atoms with E-state index in [2.05, 4.69) is 19.2 Å². The van der Waals surface area contributed by atoms with Crippen LogP contribution in [-0.4, -0.2) is 33.2 Å². The largest absolute Gasteiger partial charge is 0.354 e. The second-order valence-corrected chi connectivity index (χ2v) is 8.34. The molecule has 0 heterocycles. The second kappa shape index (κ2) is 10.4. The molecule has 0 saturated heterocycles. The number of hydrogen-bond acceptors (Lipinski definition) is 3. The van der Waals surface area contributed by atoms with E-state index < -0.39 is 16.1 Å². The van der Waals surface area contributed by atoms with Crippen molar-refractivity contribution < 1.29 is 13.2 Å². The summed E-state index contributed by atoms with van der Waals surface area (Å²) >= 11 is 0. The van der Waals surface area contributed by atoms with E-state index in [1.165, 1.54) is 4.31 Å². The highest BCUT2D eigenvalue weighted by Crippen LogP contribution is 2.22. The Labute approximate surface area is 152 Å². The number of unbranched alkanes of at least 4 members (excludes halogenated alkanes) is 1. The van der Waals surface area contributed by atoms with Gasteiger partial charge in [-0.2, -0.15) is 0 Å². The summed E-state index contributed by atoms with van der Waals surface area (Å²) < 4.78 is 25.9. The normalized spacial score (nSPS) is 13.9. The Bertz CT molecular complexity index is 617. The summed E-state index contributed by atoms with van der Waals surface area (Å²) in [7, 11) is -3.56. The van der Waals surface area contributed by atoms with Crippen molar-refractivity contribution in [1.29, 1.82) is 0 Å². The van der Waals surface area contributed by atoms with Crippen molar-refractivity contribution in [2.24, 2.45) is 5.92 Å². The molecule has 0 aliphatic heterocycles. The Morgan fingerprint density at radius 1 is 1.12 bits per heavy atom. The molecule has 1 amide bonds. The van der Waals surface area contributed by atoms with Crippen molar-refractivity contribution in [3.05, 3.63) is 30.3 Å². The average molecular weight is 369 g/mol. The second-order valence-electron chi connectivity index (χ2n) is 6.48. The summed E-state index contributed by atoms with van der Waals surface area (Å²) in [5.74, 6) is 0.205. The molecule has 0 spiro atoms. The van der Waals surface area contributed by atoms with Gasteiger partial charge >= 0.3 is 0 Å². The fourth-order valence-electron chi connectivity index (χ4n) is 2.94. The van der Waals surface area contributed by atoms with E-state index in [-0.39, 0.29) is 5.91 Å². The molecule has 0 radical (unpaired) electrons. The summed E-state index contributed by atoms with van der Waals surface area (Å²) in [5.41, 5.74) is 0.519. The minimum absolute atomic E-state index is 0.230. The van der Waals surface area contributed by atoms with Gasteiger partial charge in [-0.05, 0) is 30.9 Å². The van der Waals surface area contributed by atoms with Crippen LogP contribution in [0.4, 0.5) is 5.69 Å². The van der Waals surface area contributed by atoms with Gasteiger partial charge < -0.3 is 5.32 Å². The lowest BCUT2D eigenvalue weighted by Crippen LogP contribution is -2.50. The molecule has 142 valence electrons. The number of sulfonamides is 1. The van der Waals surface area contributed by atoms with Crippen molar-refractivity contribution in [2.75, 3.05) is 17.1 Å².